The third-order valence-electron chi connectivity index (χ3n) is 7.20. The predicted molar refractivity (Wildman–Crippen MR) is 152 cm³/mol. The lowest BCUT2D eigenvalue weighted by Crippen LogP contribution is -2.26. The van der Waals surface area contributed by atoms with Gasteiger partial charge in [0.1, 0.15) is 5.75 Å². The Bertz CT molecular complexity index is 1070. The molecule has 0 spiro atoms. The van der Waals surface area contributed by atoms with E-state index >= 15 is 0 Å². The maximum atomic E-state index is 10.3. The van der Waals surface area contributed by atoms with Crippen LogP contribution in [0.25, 0.3) is 0 Å². The Balaban J connectivity index is 0.000000257. The average molecular weight is 590 g/mol. The molecule has 0 aromatic heterocycles. The monoisotopic (exact) mass is 588 g/mol. The molecule has 0 aliphatic heterocycles. The Labute approximate surface area is 222 Å². The maximum Gasteiger partial charge on any atom is 0.115 e. The molecule has 184 valence electrons. The van der Waals surface area contributed by atoms with Crippen molar-refractivity contribution in [2.45, 2.75) is 78.2 Å². The van der Waals surface area contributed by atoms with Crippen LogP contribution in [0.3, 0.4) is 0 Å². The van der Waals surface area contributed by atoms with Crippen molar-refractivity contribution >= 4 is 31.9 Å². The minimum absolute atomic E-state index is 0.0131. The minimum Gasteiger partial charge on any atom is -0.508 e. The van der Waals surface area contributed by atoms with Crippen LogP contribution in [0.4, 0.5) is 0 Å². The van der Waals surface area contributed by atoms with Gasteiger partial charge in [0.15, 0.2) is 0 Å². The topological polar surface area (TPSA) is 40.5 Å². The molecule has 0 unspecified atom stereocenters. The van der Waals surface area contributed by atoms with Crippen LogP contribution in [-0.2, 0) is 11.0 Å². The number of hydrogen-bond acceptors (Lipinski definition) is 2. The molecule has 0 bridgehead atoms. The molecular formula is C30H38Br2O2. The highest BCUT2D eigenvalue weighted by molar-refractivity contribution is 9.10. The van der Waals surface area contributed by atoms with E-state index in [0.717, 1.165) is 40.2 Å². The maximum absolute atomic E-state index is 10.3. The first-order chi connectivity index (χ1) is 16.1. The highest BCUT2D eigenvalue weighted by atomic mass is 79.9. The van der Waals surface area contributed by atoms with Gasteiger partial charge >= 0.3 is 0 Å². The Hall–Kier alpha value is -1.62. The normalized spacial score (nSPS) is 11.7. The van der Waals surface area contributed by atoms with Gasteiger partial charge in [-0.05, 0) is 91.6 Å². The van der Waals surface area contributed by atoms with Gasteiger partial charge in [-0.3, -0.25) is 0 Å². The second kappa shape index (κ2) is 12.4. The first-order valence-electron chi connectivity index (χ1n) is 12.1. The molecule has 0 saturated carbocycles. The number of hydrogen-bond donors (Lipinski definition) is 2. The fraction of sp³-hybridized carbons (Fsp3) is 0.400. The van der Waals surface area contributed by atoms with Crippen LogP contribution in [0.5, 0.6) is 5.75 Å². The quantitative estimate of drug-likeness (QED) is 0.288. The molecular weight excluding hydrogens is 552 g/mol. The van der Waals surface area contributed by atoms with E-state index in [4.69, 9.17) is 0 Å². The summed E-state index contributed by atoms with van der Waals surface area (Å²) in [4.78, 5) is 0. The van der Waals surface area contributed by atoms with E-state index in [1.54, 1.807) is 12.1 Å². The van der Waals surface area contributed by atoms with E-state index < -0.39 is 5.60 Å². The van der Waals surface area contributed by atoms with E-state index in [9.17, 15) is 10.2 Å². The van der Waals surface area contributed by atoms with E-state index in [2.05, 4.69) is 76.9 Å². The van der Waals surface area contributed by atoms with Gasteiger partial charge in [-0.15, -0.1) is 0 Å². The summed E-state index contributed by atoms with van der Waals surface area (Å²) in [5, 5.41) is 19.8. The van der Waals surface area contributed by atoms with Crippen LogP contribution >= 0.6 is 31.9 Å². The van der Waals surface area contributed by atoms with Gasteiger partial charge in [0, 0.05) is 14.4 Å². The molecule has 3 rings (SSSR count). The van der Waals surface area contributed by atoms with Gasteiger partial charge in [-0.1, -0.05) is 96.0 Å². The molecule has 0 saturated heterocycles. The van der Waals surface area contributed by atoms with Crippen molar-refractivity contribution < 1.29 is 10.2 Å². The lowest BCUT2D eigenvalue weighted by atomic mass is 9.70. The predicted octanol–water partition coefficient (Wildman–Crippen LogP) is 9.33. The molecule has 2 N–H and O–H groups in total. The summed E-state index contributed by atoms with van der Waals surface area (Å²) in [5.41, 5.74) is 5.40. The van der Waals surface area contributed by atoms with Crippen molar-refractivity contribution in [3.63, 3.8) is 0 Å². The standard InChI is InChI=1S/C18H21BrO.C12H17BrO/c1-4-18(5-2,14-6-9-16(20)10-7-14)15-8-11-17(19)13(3)12-15;1-4-12(14,5-2)10-6-7-11(13)9(3)8-10/h6-12,20H,4-5H2,1-3H3;6-8,14H,4-5H2,1-3H3. The second-order valence-electron chi connectivity index (χ2n) is 9.00. The van der Waals surface area contributed by atoms with Crippen LogP contribution in [0.1, 0.15) is 81.2 Å². The highest BCUT2D eigenvalue weighted by Gasteiger charge is 2.30. The van der Waals surface area contributed by atoms with Crippen molar-refractivity contribution in [3.8, 4) is 5.75 Å². The molecule has 2 nitrogen and oxygen atoms in total. The molecule has 4 heteroatoms. The lowest BCUT2D eigenvalue weighted by molar-refractivity contribution is 0.0283. The van der Waals surface area contributed by atoms with Crippen molar-refractivity contribution in [1.82, 2.24) is 0 Å². The van der Waals surface area contributed by atoms with Crippen LogP contribution < -0.4 is 0 Å². The number of benzene rings is 3. The summed E-state index contributed by atoms with van der Waals surface area (Å²) >= 11 is 7.03. The smallest absolute Gasteiger partial charge is 0.115 e. The molecule has 3 aromatic carbocycles. The number of phenolic OH excluding ortho intramolecular Hbond substituents is 1. The summed E-state index contributed by atoms with van der Waals surface area (Å²) in [6.45, 7) is 12.7. The summed E-state index contributed by atoms with van der Waals surface area (Å²) < 4.78 is 2.24. The molecule has 0 fully saturated rings. The van der Waals surface area contributed by atoms with Crippen molar-refractivity contribution in [2.24, 2.45) is 0 Å². The van der Waals surface area contributed by atoms with E-state index in [-0.39, 0.29) is 5.41 Å². The number of aromatic hydroxyl groups is 1. The molecule has 34 heavy (non-hydrogen) atoms. The summed E-state index contributed by atoms with van der Waals surface area (Å²) in [6.07, 6.45) is 3.58. The van der Waals surface area contributed by atoms with E-state index in [1.807, 2.05) is 45.0 Å². The number of aryl methyl sites for hydroxylation is 2. The first kappa shape index (κ1) is 28.6. The molecule has 3 aromatic rings. The average Bonchev–Trinajstić information content (AvgIpc) is 2.85. The highest BCUT2D eigenvalue weighted by Crippen LogP contribution is 2.40. The summed E-state index contributed by atoms with van der Waals surface area (Å²) in [6, 6.07) is 20.3. The Morgan fingerprint density at radius 2 is 1.03 bits per heavy atom. The zero-order valence-electron chi connectivity index (χ0n) is 21.3. The Morgan fingerprint density at radius 3 is 1.44 bits per heavy atom. The van der Waals surface area contributed by atoms with Gasteiger partial charge in [0.05, 0.1) is 5.60 Å². The second-order valence-corrected chi connectivity index (χ2v) is 10.7. The van der Waals surface area contributed by atoms with Crippen molar-refractivity contribution in [3.05, 3.63) is 97.4 Å². The molecule has 0 aliphatic carbocycles. The number of phenols is 1. The Kier molecular flexibility index (Phi) is 10.4. The summed E-state index contributed by atoms with van der Waals surface area (Å²) in [5.74, 6) is 0.321. The third kappa shape index (κ3) is 6.33. The fourth-order valence-electron chi connectivity index (χ4n) is 4.55. The van der Waals surface area contributed by atoms with E-state index in [0.29, 0.717) is 5.75 Å². The van der Waals surface area contributed by atoms with Crippen LogP contribution in [0, 0.1) is 13.8 Å². The third-order valence-corrected chi connectivity index (χ3v) is 8.98. The largest absolute Gasteiger partial charge is 0.508 e. The fourth-order valence-corrected chi connectivity index (χ4v) is 5.04. The zero-order chi connectivity index (χ0) is 25.5. The van der Waals surface area contributed by atoms with Crippen LogP contribution in [-0.4, -0.2) is 10.2 Å². The van der Waals surface area contributed by atoms with Gasteiger partial charge in [0.2, 0.25) is 0 Å². The summed E-state index contributed by atoms with van der Waals surface area (Å²) in [7, 11) is 0. The molecule has 0 aliphatic rings. The first-order valence-corrected chi connectivity index (χ1v) is 13.7. The zero-order valence-corrected chi connectivity index (χ0v) is 24.4. The van der Waals surface area contributed by atoms with Crippen LogP contribution in [0.15, 0.2) is 69.6 Å². The number of aliphatic hydroxyl groups is 1. The van der Waals surface area contributed by atoms with Gasteiger partial charge < -0.3 is 10.2 Å². The van der Waals surface area contributed by atoms with Crippen molar-refractivity contribution in [2.75, 3.05) is 0 Å². The molecule has 0 atom stereocenters. The SMILES string of the molecule is CCC(CC)(c1ccc(O)cc1)c1ccc(Br)c(C)c1.CCC(O)(CC)c1ccc(Br)c(C)c1. The number of rotatable bonds is 7. The van der Waals surface area contributed by atoms with Gasteiger partial charge in [-0.2, -0.15) is 0 Å². The molecule has 0 radical (unpaired) electrons. The van der Waals surface area contributed by atoms with E-state index in [1.165, 1.54) is 22.3 Å². The lowest BCUT2D eigenvalue weighted by Gasteiger charge is -2.33. The molecule has 0 amide bonds. The van der Waals surface area contributed by atoms with Gasteiger partial charge in [0.25, 0.3) is 0 Å². The van der Waals surface area contributed by atoms with Crippen molar-refractivity contribution in [1.29, 1.82) is 0 Å². The number of halogens is 2. The minimum atomic E-state index is -0.661. The van der Waals surface area contributed by atoms with Crippen LogP contribution in [0.2, 0.25) is 0 Å². The van der Waals surface area contributed by atoms with Gasteiger partial charge in [-0.25, -0.2) is 0 Å². The molecule has 0 heterocycles. The Morgan fingerprint density at radius 1 is 0.618 bits per heavy atom.